The van der Waals surface area contributed by atoms with Gasteiger partial charge in [0.25, 0.3) is 0 Å². The zero-order valence-electron chi connectivity index (χ0n) is 5.03. The normalized spacial score (nSPS) is 12.6. The third kappa shape index (κ3) is 6.56. The summed E-state index contributed by atoms with van der Waals surface area (Å²) in [5, 5.41) is 0. The van der Waals surface area contributed by atoms with Gasteiger partial charge in [0.2, 0.25) is 0 Å². The summed E-state index contributed by atoms with van der Waals surface area (Å²) < 4.78 is 5.50. The first-order valence-electron chi connectivity index (χ1n) is 2.40. The van der Waals surface area contributed by atoms with Gasteiger partial charge in [-0.25, -0.2) is 0 Å². The maximum absolute atomic E-state index is 3.15. The fourth-order valence-corrected chi connectivity index (χ4v) is 1.27. The van der Waals surface area contributed by atoms with Crippen molar-refractivity contribution in [3.63, 3.8) is 0 Å². The lowest BCUT2D eigenvalue weighted by Gasteiger charge is -1.88. The van der Waals surface area contributed by atoms with Crippen molar-refractivity contribution in [1.82, 2.24) is 3.53 Å². The van der Waals surface area contributed by atoms with E-state index in [0.29, 0.717) is 0 Å². The second kappa shape index (κ2) is 4.71. The molecule has 0 radical (unpaired) electrons. The molecule has 2 heteroatoms. The van der Waals surface area contributed by atoms with E-state index in [-0.39, 0.29) is 21.0 Å². The Hall–Kier alpha value is 0.560. The molecule has 0 aromatic carbocycles. The monoisotopic (exact) mass is 213 g/mol. The van der Waals surface area contributed by atoms with Crippen molar-refractivity contribution in [1.29, 1.82) is 0 Å². The van der Waals surface area contributed by atoms with E-state index in [1.165, 1.54) is 0 Å². The second-order valence-electron chi connectivity index (χ2n) is 1.67. The molecule has 0 spiro atoms. The number of rotatable bonds is 2. The Labute approximate surface area is 55.6 Å². The van der Waals surface area contributed by atoms with Gasteiger partial charge in [-0.15, -0.1) is 0 Å². The van der Waals surface area contributed by atoms with Crippen molar-refractivity contribution in [2.45, 2.75) is 13.8 Å². The number of nitrogens with one attached hydrogen (secondary N) is 1. The first-order valence-corrected chi connectivity index (χ1v) is 4.72. The number of halogens is 1. The maximum atomic E-state index is 3.15. The minimum absolute atomic E-state index is 0.213. The van der Waals surface area contributed by atoms with Crippen molar-refractivity contribution in [2.24, 2.45) is 5.92 Å². The molecule has 44 valence electrons. The van der Waals surface area contributed by atoms with Crippen molar-refractivity contribution in [3.05, 3.63) is 0 Å². The van der Waals surface area contributed by atoms with Crippen LogP contribution in [0.2, 0.25) is 0 Å². The van der Waals surface area contributed by atoms with Crippen molar-refractivity contribution < 1.29 is 0 Å². The summed E-state index contributed by atoms with van der Waals surface area (Å²) in [7, 11) is 2.01. The van der Waals surface area contributed by atoms with E-state index >= 15 is 0 Å². The van der Waals surface area contributed by atoms with Gasteiger partial charge in [-0.05, 0) is 38.0 Å². The van der Waals surface area contributed by atoms with E-state index in [1.807, 2.05) is 7.05 Å². The highest BCUT2D eigenvalue weighted by Crippen LogP contribution is 1.91. The summed E-state index contributed by atoms with van der Waals surface area (Å²) in [4.78, 5) is 0. The number of hydrogen-bond acceptors (Lipinski definition) is 1. The van der Waals surface area contributed by atoms with E-state index < -0.39 is 0 Å². The van der Waals surface area contributed by atoms with E-state index in [0.717, 1.165) is 5.92 Å². The summed E-state index contributed by atoms with van der Waals surface area (Å²) in [6, 6.07) is 0. The van der Waals surface area contributed by atoms with Crippen LogP contribution in [0, 0.1) is 5.92 Å². The van der Waals surface area contributed by atoms with Gasteiger partial charge >= 0.3 is 0 Å². The standard InChI is InChI=1S/C5H12IN/c1-5(2)4-6-7-3/h4-5,7H,1-3H3. The smallest absolute Gasteiger partial charge is 0.00689 e. The lowest BCUT2D eigenvalue weighted by molar-refractivity contribution is 0.922. The largest absolute Gasteiger partial charge is 0.270 e. The van der Waals surface area contributed by atoms with Gasteiger partial charge in [0, 0.05) is 0 Å². The Morgan fingerprint density at radius 2 is 2.14 bits per heavy atom. The van der Waals surface area contributed by atoms with Crippen molar-refractivity contribution in [2.75, 3.05) is 7.05 Å². The van der Waals surface area contributed by atoms with Crippen molar-refractivity contribution >= 4 is 25.0 Å². The van der Waals surface area contributed by atoms with Crippen molar-refractivity contribution in [3.8, 4) is 0 Å². The molecule has 0 fully saturated rings. The van der Waals surface area contributed by atoms with Crippen LogP contribution in [0.25, 0.3) is 0 Å². The van der Waals surface area contributed by atoms with Crippen LogP contribution >= 0.6 is 21.0 Å². The molecule has 0 aliphatic carbocycles. The summed E-state index contributed by atoms with van der Waals surface area (Å²) in [5.74, 6) is 0.764. The van der Waals surface area contributed by atoms with Gasteiger partial charge < -0.3 is 0 Å². The quantitative estimate of drug-likeness (QED) is 0.542. The third-order valence-corrected chi connectivity index (χ3v) is 2.84. The van der Waals surface area contributed by atoms with Gasteiger partial charge in [0.05, 0.1) is 0 Å². The molecule has 0 aromatic rings. The van der Waals surface area contributed by atoms with Crippen LogP contribution in [0.3, 0.4) is 0 Å². The molecule has 0 aliphatic heterocycles. The topological polar surface area (TPSA) is 12.0 Å². The molecule has 0 heterocycles. The van der Waals surface area contributed by atoms with Gasteiger partial charge in [-0.2, -0.15) is 0 Å². The molecule has 1 N–H and O–H groups in total. The molecule has 0 saturated carbocycles. The highest BCUT2D eigenvalue weighted by atomic mass is 127. The van der Waals surface area contributed by atoms with Crippen LogP contribution in [0.4, 0.5) is 0 Å². The maximum Gasteiger partial charge on any atom is -0.00689 e. The van der Waals surface area contributed by atoms with Crippen LogP contribution in [-0.4, -0.2) is 11.1 Å². The zero-order valence-corrected chi connectivity index (χ0v) is 7.19. The van der Waals surface area contributed by atoms with Crippen LogP contribution in [-0.2, 0) is 0 Å². The minimum Gasteiger partial charge on any atom is -0.270 e. The van der Waals surface area contributed by atoms with Gasteiger partial charge in [-0.3, -0.25) is 3.53 Å². The lowest BCUT2D eigenvalue weighted by Crippen LogP contribution is -1.88. The molecular formula is C5H12IN. The predicted molar refractivity (Wildman–Crippen MR) is 44.0 cm³/mol. The second-order valence-corrected chi connectivity index (χ2v) is 4.09. The average molecular weight is 213 g/mol. The van der Waals surface area contributed by atoms with Gasteiger partial charge in [0.1, 0.15) is 0 Å². The van der Waals surface area contributed by atoms with E-state index in [4.69, 9.17) is 0 Å². The van der Waals surface area contributed by atoms with Gasteiger partial charge in [-0.1, -0.05) is 13.8 Å². The lowest BCUT2D eigenvalue weighted by atomic mass is 10.3. The van der Waals surface area contributed by atoms with Crippen LogP contribution in [0.1, 0.15) is 13.8 Å². The highest BCUT2D eigenvalue weighted by molar-refractivity contribution is 14.2. The first-order chi connectivity index (χ1) is 3.27. The SMILES string of the molecule is CNI=CC(C)C. The van der Waals surface area contributed by atoms with Gasteiger partial charge in [0.15, 0.2) is 0 Å². The third-order valence-electron chi connectivity index (χ3n) is 0.424. The first kappa shape index (κ1) is 7.56. The Morgan fingerprint density at radius 1 is 1.57 bits per heavy atom. The molecule has 7 heavy (non-hydrogen) atoms. The van der Waals surface area contributed by atoms with Crippen LogP contribution < -0.4 is 3.53 Å². The molecule has 0 unspecified atom stereocenters. The number of hydrogen-bond donors (Lipinski definition) is 1. The Morgan fingerprint density at radius 3 is 2.29 bits per heavy atom. The molecular weight excluding hydrogens is 201 g/mol. The van der Waals surface area contributed by atoms with Crippen LogP contribution in [0.5, 0.6) is 0 Å². The fraction of sp³-hybridized carbons (Fsp3) is 0.800. The molecule has 0 aliphatic rings. The Kier molecular flexibility index (Phi) is 5.09. The highest BCUT2D eigenvalue weighted by Gasteiger charge is 1.79. The Bertz CT molecular complexity index is 59.1. The van der Waals surface area contributed by atoms with E-state index in [9.17, 15) is 0 Å². The van der Waals surface area contributed by atoms with E-state index in [2.05, 4.69) is 21.4 Å². The molecule has 0 amide bonds. The zero-order chi connectivity index (χ0) is 5.70. The Balaban J connectivity index is 3.08. The molecule has 0 atom stereocenters. The summed E-state index contributed by atoms with van der Waals surface area (Å²) >= 11 is 0.213. The molecule has 0 saturated heterocycles. The predicted octanol–water partition coefficient (Wildman–Crippen LogP) is 1.55. The summed E-state index contributed by atoms with van der Waals surface area (Å²) in [5.41, 5.74) is 0. The average Bonchev–Trinajstić information content (AvgIpc) is 1.61. The fourth-order valence-electron chi connectivity index (χ4n) is 0.189. The van der Waals surface area contributed by atoms with Crippen LogP contribution in [0.15, 0.2) is 0 Å². The van der Waals surface area contributed by atoms with E-state index in [1.54, 1.807) is 0 Å². The molecule has 0 aromatic heterocycles. The molecule has 1 nitrogen and oxygen atoms in total. The minimum atomic E-state index is 0.213. The summed E-state index contributed by atoms with van der Waals surface area (Å²) in [6.45, 7) is 4.41. The summed E-state index contributed by atoms with van der Waals surface area (Å²) in [6.07, 6.45) is 0. The molecule has 0 rings (SSSR count). The molecule has 0 bridgehead atoms.